The largest absolute Gasteiger partial charge is 0.396 e. The molecule has 0 bridgehead atoms. The highest BCUT2D eigenvalue weighted by atomic mass is 16.3. The molecule has 0 heterocycles. The highest BCUT2D eigenvalue weighted by Crippen LogP contribution is 2.32. The van der Waals surface area contributed by atoms with Gasteiger partial charge in [0.2, 0.25) is 0 Å². The molecule has 66 valence electrons. The Labute approximate surface area is 69.0 Å². The van der Waals surface area contributed by atoms with Crippen molar-refractivity contribution in [1.82, 2.24) is 5.32 Å². The predicted molar refractivity (Wildman–Crippen MR) is 46.5 cm³/mol. The van der Waals surface area contributed by atoms with Crippen LogP contribution >= 0.6 is 0 Å². The Morgan fingerprint density at radius 1 is 1.55 bits per heavy atom. The Balaban J connectivity index is 2.57. The van der Waals surface area contributed by atoms with Crippen molar-refractivity contribution in [2.24, 2.45) is 5.92 Å². The molecule has 0 aliphatic heterocycles. The molecule has 1 saturated carbocycles. The summed E-state index contributed by atoms with van der Waals surface area (Å²) in [5.41, 5.74) is 0.188. The predicted octanol–water partition coefficient (Wildman–Crippen LogP) is 1.15. The lowest BCUT2D eigenvalue weighted by molar-refractivity contribution is 0.0989. The summed E-state index contributed by atoms with van der Waals surface area (Å²) in [5, 5.41) is 12.4. The average Bonchev–Trinajstić information content (AvgIpc) is 2.05. The first-order chi connectivity index (χ1) is 5.23. The highest BCUT2D eigenvalue weighted by Gasteiger charge is 2.34. The molecule has 0 amide bonds. The summed E-state index contributed by atoms with van der Waals surface area (Å²) in [6.45, 7) is 2.55. The second kappa shape index (κ2) is 3.55. The fourth-order valence-electron chi connectivity index (χ4n) is 2.03. The molecule has 0 aromatic heterocycles. The molecule has 0 saturated heterocycles. The lowest BCUT2D eigenvalue weighted by Crippen LogP contribution is -2.50. The summed E-state index contributed by atoms with van der Waals surface area (Å²) >= 11 is 0. The van der Waals surface area contributed by atoms with Crippen molar-refractivity contribution in [2.75, 3.05) is 13.7 Å². The van der Waals surface area contributed by atoms with E-state index < -0.39 is 0 Å². The molecule has 0 aromatic carbocycles. The summed E-state index contributed by atoms with van der Waals surface area (Å²) in [4.78, 5) is 0. The zero-order valence-electron chi connectivity index (χ0n) is 7.56. The van der Waals surface area contributed by atoms with Gasteiger partial charge in [-0.15, -0.1) is 0 Å². The van der Waals surface area contributed by atoms with Crippen LogP contribution in [0.5, 0.6) is 0 Å². The van der Waals surface area contributed by atoms with Crippen LogP contribution in [-0.2, 0) is 0 Å². The minimum Gasteiger partial charge on any atom is -0.396 e. The Kier molecular flexibility index (Phi) is 2.90. The van der Waals surface area contributed by atoms with Crippen molar-refractivity contribution in [3.63, 3.8) is 0 Å². The SMILES string of the molecule is CN[C@]1(C)CCCC[C@@H]1CO. The van der Waals surface area contributed by atoms with E-state index in [-0.39, 0.29) is 5.54 Å². The Morgan fingerprint density at radius 2 is 2.27 bits per heavy atom. The molecule has 11 heavy (non-hydrogen) atoms. The van der Waals surface area contributed by atoms with Crippen molar-refractivity contribution in [1.29, 1.82) is 0 Å². The van der Waals surface area contributed by atoms with Gasteiger partial charge >= 0.3 is 0 Å². The fraction of sp³-hybridized carbons (Fsp3) is 1.00. The van der Waals surface area contributed by atoms with Gasteiger partial charge in [0.05, 0.1) is 0 Å². The Hall–Kier alpha value is -0.0800. The number of hydrogen-bond donors (Lipinski definition) is 2. The molecule has 0 spiro atoms. The van der Waals surface area contributed by atoms with Crippen molar-refractivity contribution < 1.29 is 5.11 Å². The second-order valence-electron chi connectivity index (χ2n) is 3.79. The summed E-state index contributed by atoms with van der Waals surface area (Å²) in [6, 6.07) is 0. The first kappa shape index (κ1) is 9.01. The molecule has 2 nitrogen and oxygen atoms in total. The molecule has 0 aromatic rings. The fourth-order valence-corrected chi connectivity index (χ4v) is 2.03. The van der Waals surface area contributed by atoms with E-state index in [0.717, 1.165) is 0 Å². The van der Waals surface area contributed by atoms with Gasteiger partial charge in [-0.3, -0.25) is 0 Å². The zero-order valence-corrected chi connectivity index (χ0v) is 7.56. The van der Waals surface area contributed by atoms with E-state index in [2.05, 4.69) is 12.2 Å². The molecule has 0 radical (unpaired) electrons. The minimum atomic E-state index is 0.188. The minimum absolute atomic E-state index is 0.188. The van der Waals surface area contributed by atoms with Gasteiger partial charge in [0.25, 0.3) is 0 Å². The molecule has 1 rings (SSSR count). The first-order valence-corrected chi connectivity index (χ1v) is 4.52. The smallest absolute Gasteiger partial charge is 0.0476 e. The van der Waals surface area contributed by atoms with Gasteiger partial charge in [0.15, 0.2) is 0 Å². The number of nitrogens with one attached hydrogen (secondary N) is 1. The van der Waals surface area contributed by atoms with Crippen LogP contribution in [0.15, 0.2) is 0 Å². The van der Waals surface area contributed by atoms with Crippen LogP contribution in [0.3, 0.4) is 0 Å². The summed E-state index contributed by atoms with van der Waals surface area (Å²) < 4.78 is 0. The maximum Gasteiger partial charge on any atom is 0.0476 e. The van der Waals surface area contributed by atoms with E-state index in [0.29, 0.717) is 12.5 Å². The normalized spacial score (nSPS) is 39.0. The maximum absolute atomic E-state index is 9.12. The number of rotatable bonds is 2. The number of aliphatic hydroxyl groups excluding tert-OH is 1. The summed E-state index contributed by atoms with van der Waals surface area (Å²) in [5.74, 6) is 0.459. The lowest BCUT2D eigenvalue weighted by Gasteiger charge is -2.40. The monoisotopic (exact) mass is 157 g/mol. The molecule has 2 heteroatoms. The third-order valence-electron chi connectivity index (χ3n) is 3.19. The van der Waals surface area contributed by atoms with E-state index in [1.807, 2.05) is 7.05 Å². The van der Waals surface area contributed by atoms with Crippen LogP contribution in [0, 0.1) is 5.92 Å². The molecule has 2 atom stereocenters. The Morgan fingerprint density at radius 3 is 2.73 bits per heavy atom. The van der Waals surface area contributed by atoms with Crippen molar-refractivity contribution >= 4 is 0 Å². The zero-order chi connectivity index (χ0) is 8.32. The number of aliphatic hydroxyl groups is 1. The summed E-state index contributed by atoms with van der Waals surface area (Å²) in [7, 11) is 1.99. The molecule has 1 aliphatic rings. The third kappa shape index (κ3) is 1.74. The van der Waals surface area contributed by atoms with Crippen LogP contribution in [0.25, 0.3) is 0 Å². The van der Waals surface area contributed by atoms with Gasteiger partial charge in [0.1, 0.15) is 0 Å². The molecular weight excluding hydrogens is 138 g/mol. The third-order valence-corrected chi connectivity index (χ3v) is 3.19. The van der Waals surface area contributed by atoms with E-state index in [4.69, 9.17) is 5.11 Å². The van der Waals surface area contributed by atoms with Crippen molar-refractivity contribution in [3.8, 4) is 0 Å². The van der Waals surface area contributed by atoms with E-state index in [9.17, 15) is 0 Å². The number of hydrogen-bond acceptors (Lipinski definition) is 2. The second-order valence-corrected chi connectivity index (χ2v) is 3.79. The molecule has 0 unspecified atom stereocenters. The van der Waals surface area contributed by atoms with Gasteiger partial charge in [-0.25, -0.2) is 0 Å². The lowest BCUT2D eigenvalue weighted by atomic mass is 9.74. The summed E-state index contributed by atoms with van der Waals surface area (Å²) in [6.07, 6.45) is 4.96. The van der Waals surface area contributed by atoms with Crippen LogP contribution < -0.4 is 5.32 Å². The topological polar surface area (TPSA) is 32.3 Å². The van der Waals surface area contributed by atoms with Gasteiger partial charge in [0, 0.05) is 12.1 Å². The van der Waals surface area contributed by atoms with E-state index >= 15 is 0 Å². The maximum atomic E-state index is 9.12. The quantitative estimate of drug-likeness (QED) is 0.630. The molecular formula is C9H19NO. The van der Waals surface area contributed by atoms with Crippen LogP contribution in [0.4, 0.5) is 0 Å². The Bertz CT molecular complexity index is 127. The van der Waals surface area contributed by atoms with Crippen LogP contribution in [0.2, 0.25) is 0 Å². The highest BCUT2D eigenvalue weighted by molar-refractivity contribution is 4.91. The van der Waals surface area contributed by atoms with Gasteiger partial charge in [-0.1, -0.05) is 12.8 Å². The van der Waals surface area contributed by atoms with Gasteiger partial charge in [-0.2, -0.15) is 0 Å². The van der Waals surface area contributed by atoms with Crippen LogP contribution in [0.1, 0.15) is 32.6 Å². The average molecular weight is 157 g/mol. The van der Waals surface area contributed by atoms with E-state index in [1.165, 1.54) is 25.7 Å². The standard InChI is InChI=1S/C9H19NO/c1-9(10-2)6-4-3-5-8(9)7-11/h8,10-11H,3-7H2,1-2H3/t8-,9-/m1/s1. The van der Waals surface area contributed by atoms with Crippen molar-refractivity contribution in [2.45, 2.75) is 38.1 Å². The molecule has 1 aliphatic carbocycles. The van der Waals surface area contributed by atoms with Crippen molar-refractivity contribution in [3.05, 3.63) is 0 Å². The molecule has 1 fully saturated rings. The van der Waals surface area contributed by atoms with Gasteiger partial charge in [-0.05, 0) is 32.7 Å². The van der Waals surface area contributed by atoms with Gasteiger partial charge < -0.3 is 10.4 Å². The van der Waals surface area contributed by atoms with E-state index in [1.54, 1.807) is 0 Å². The first-order valence-electron chi connectivity index (χ1n) is 4.52. The van der Waals surface area contributed by atoms with Crippen LogP contribution in [-0.4, -0.2) is 24.3 Å². The molecule has 2 N–H and O–H groups in total.